The summed E-state index contributed by atoms with van der Waals surface area (Å²) in [6.45, 7) is 0.741. The molecule has 0 spiro atoms. The lowest BCUT2D eigenvalue weighted by atomic mass is 9.96. The maximum absolute atomic E-state index is 7.68. The van der Waals surface area contributed by atoms with Crippen LogP contribution in [0.3, 0.4) is 0 Å². The second-order valence-electron chi connectivity index (χ2n) is 6.74. The van der Waals surface area contributed by atoms with Crippen LogP contribution >= 0.6 is 0 Å². The van der Waals surface area contributed by atoms with E-state index in [1.807, 2.05) is 36.5 Å². The van der Waals surface area contributed by atoms with Crippen LogP contribution in [0.15, 0.2) is 59.7 Å². The minimum absolute atomic E-state index is 0.0680. The molecule has 0 amide bonds. The molecule has 5 rings (SSSR count). The first-order valence-corrected chi connectivity index (χ1v) is 8.92. The molecule has 134 valence electrons. The van der Waals surface area contributed by atoms with Gasteiger partial charge in [-0.1, -0.05) is 30.3 Å². The number of benzene rings is 2. The minimum Gasteiger partial charge on any atom is -0.493 e. The molecule has 2 aliphatic heterocycles. The zero-order valence-electron chi connectivity index (χ0n) is 14.6. The van der Waals surface area contributed by atoms with Crippen molar-refractivity contribution >= 4 is 17.4 Å². The molecule has 0 bridgehead atoms. The van der Waals surface area contributed by atoms with Crippen LogP contribution in [0.25, 0.3) is 0 Å². The molecule has 0 aliphatic carbocycles. The van der Waals surface area contributed by atoms with Crippen molar-refractivity contribution in [1.82, 2.24) is 4.98 Å². The standard InChI is InChI=1S/C21H19N5O/c22-21(23)26-20-14-3-1-2-4-16(14)25-18(15-7-9-24-19(15)20)13-6-5-12-8-10-27-17(12)11-13/h1-7,9,11,18,24-25H,8,10H2,(H3,22,23)/b26-20-. The Bertz CT molecular complexity index is 1080. The lowest BCUT2D eigenvalue weighted by molar-refractivity contribution is 0.356. The molecular weight excluding hydrogens is 338 g/mol. The van der Waals surface area contributed by atoms with Gasteiger partial charge in [-0.25, -0.2) is 4.99 Å². The summed E-state index contributed by atoms with van der Waals surface area (Å²) >= 11 is 0. The van der Waals surface area contributed by atoms with E-state index in [0.717, 1.165) is 46.8 Å². The first-order chi connectivity index (χ1) is 13.2. The number of nitrogens with two attached hydrogens (primary N) is 1. The second-order valence-corrected chi connectivity index (χ2v) is 6.74. The van der Waals surface area contributed by atoms with Gasteiger partial charge in [-0.3, -0.25) is 5.41 Å². The molecule has 0 fully saturated rings. The number of hydrogen-bond acceptors (Lipinski definition) is 3. The van der Waals surface area contributed by atoms with Gasteiger partial charge in [-0.2, -0.15) is 0 Å². The van der Waals surface area contributed by atoms with E-state index in [1.54, 1.807) is 0 Å². The fourth-order valence-electron chi connectivity index (χ4n) is 3.87. The van der Waals surface area contributed by atoms with Gasteiger partial charge in [0.05, 0.1) is 18.3 Å². The predicted molar refractivity (Wildman–Crippen MR) is 106 cm³/mol. The Labute approximate surface area is 156 Å². The van der Waals surface area contributed by atoms with E-state index in [0.29, 0.717) is 5.71 Å². The number of aliphatic imine (C=N–C) groups is 1. The van der Waals surface area contributed by atoms with Gasteiger partial charge >= 0.3 is 0 Å². The van der Waals surface area contributed by atoms with Crippen LogP contribution in [-0.2, 0) is 6.42 Å². The number of nitrogens with zero attached hydrogens (tertiary/aromatic N) is 1. The lowest BCUT2D eigenvalue weighted by Gasteiger charge is -2.20. The molecule has 3 aromatic rings. The molecule has 2 aromatic carbocycles. The molecule has 1 aromatic heterocycles. The molecule has 1 atom stereocenters. The average molecular weight is 357 g/mol. The Morgan fingerprint density at radius 3 is 2.96 bits per heavy atom. The Balaban J connectivity index is 1.71. The zero-order valence-corrected chi connectivity index (χ0v) is 14.6. The number of para-hydroxylation sites is 1. The first-order valence-electron chi connectivity index (χ1n) is 8.92. The van der Waals surface area contributed by atoms with Gasteiger partial charge in [0, 0.05) is 29.4 Å². The second kappa shape index (κ2) is 6.02. The highest BCUT2D eigenvalue weighted by Crippen LogP contribution is 2.38. The van der Waals surface area contributed by atoms with Crippen molar-refractivity contribution < 1.29 is 4.74 Å². The highest BCUT2D eigenvalue weighted by molar-refractivity contribution is 6.19. The number of ether oxygens (including phenoxy) is 1. The number of rotatable bonds is 1. The number of nitrogens with one attached hydrogen (secondary N) is 3. The van der Waals surface area contributed by atoms with Crippen molar-refractivity contribution in [3.8, 4) is 5.75 Å². The van der Waals surface area contributed by atoms with E-state index >= 15 is 0 Å². The largest absolute Gasteiger partial charge is 0.493 e. The quantitative estimate of drug-likeness (QED) is 0.397. The number of H-pyrrole nitrogens is 1. The van der Waals surface area contributed by atoms with Gasteiger partial charge in [0.15, 0.2) is 0 Å². The number of anilines is 1. The molecule has 3 heterocycles. The summed E-state index contributed by atoms with van der Waals surface area (Å²) in [5.41, 5.74) is 12.4. The van der Waals surface area contributed by atoms with Crippen LogP contribution in [0, 0.1) is 5.41 Å². The van der Waals surface area contributed by atoms with E-state index in [1.165, 1.54) is 5.56 Å². The van der Waals surface area contributed by atoms with Crippen LogP contribution in [0.4, 0.5) is 5.69 Å². The number of hydrogen-bond donors (Lipinski definition) is 4. The van der Waals surface area contributed by atoms with E-state index in [2.05, 4.69) is 33.5 Å². The molecule has 6 heteroatoms. The molecule has 0 radical (unpaired) electrons. The van der Waals surface area contributed by atoms with Crippen LogP contribution in [0.2, 0.25) is 0 Å². The van der Waals surface area contributed by atoms with Crippen LogP contribution in [-0.4, -0.2) is 23.3 Å². The van der Waals surface area contributed by atoms with Crippen molar-refractivity contribution in [2.75, 3.05) is 11.9 Å². The summed E-state index contributed by atoms with van der Waals surface area (Å²) in [6, 6.07) is 16.3. The summed E-state index contributed by atoms with van der Waals surface area (Å²) in [6.07, 6.45) is 2.86. The van der Waals surface area contributed by atoms with Gasteiger partial charge in [-0.05, 0) is 29.3 Å². The van der Waals surface area contributed by atoms with Crippen LogP contribution < -0.4 is 15.8 Å². The number of fused-ring (bicyclic) bond motifs is 3. The van der Waals surface area contributed by atoms with E-state index in [-0.39, 0.29) is 12.0 Å². The Morgan fingerprint density at radius 2 is 2.07 bits per heavy atom. The smallest absolute Gasteiger partial charge is 0.213 e. The van der Waals surface area contributed by atoms with E-state index < -0.39 is 0 Å². The third-order valence-corrected chi connectivity index (χ3v) is 5.09. The van der Waals surface area contributed by atoms with Crippen molar-refractivity contribution in [1.29, 1.82) is 5.41 Å². The Morgan fingerprint density at radius 1 is 1.19 bits per heavy atom. The molecule has 6 nitrogen and oxygen atoms in total. The molecule has 0 saturated heterocycles. The molecule has 5 N–H and O–H groups in total. The van der Waals surface area contributed by atoms with Crippen molar-refractivity contribution in [2.24, 2.45) is 10.7 Å². The topological polar surface area (TPSA) is 99.3 Å². The molecule has 27 heavy (non-hydrogen) atoms. The monoisotopic (exact) mass is 357 g/mol. The molecular formula is C21H19N5O. The summed E-state index contributed by atoms with van der Waals surface area (Å²) in [5, 5.41) is 11.3. The summed E-state index contributed by atoms with van der Waals surface area (Å²) in [7, 11) is 0. The van der Waals surface area contributed by atoms with Gasteiger partial charge in [0.25, 0.3) is 0 Å². The van der Waals surface area contributed by atoms with Gasteiger partial charge in [0.2, 0.25) is 5.96 Å². The van der Waals surface area contributed by atoms with Gasteiger partial charge < -0.3 is 20.8 Å². The van der Waals surface area contributed by atoms with E-state index in [4.69, 9.17) is 15.9 Å². The van der Waals surface area contributed by atoms with Crippen LogP contribution in [0.1, 0.15) is 34.0 Å². The number of aromatic amines is 1. The predicted octanol–water partition coefficient (Wildman–Crippen LogP) is 3.20. The average Bonchev–Trinajstić information content (AvgIpc) is 3.31. The molecule has 2 aliphatic rings. The SMILES string of the molecule is N=C(N)/N=C1/c2ccccc2NC(c2ccc3c(c2)OCC3)c2cc[nH]c21. The number of guanidine groups is 1. The maximum Gasteiger partial charge on any atom is 0.213 e. The van der Waals surface area contributed by atoms with E-state index in [9.17, 15) is 0 Å². The first kappa shape index (κ1) is 15.7. The Hall–Kier alpha value is -3.54. The highest BCUT2D eigenvalue weighted by atomic mass is 16.5. The normalized spacial score (nSPS) is 18.7. The van der Waals surface area contributed by atoms with Gasteiger partial charge in [-0.15, -0.1) is 0 Å². The summed E-state index contributed by atoms with van der Waals surface area (Å²) in [4.78, 5) is 7.61. The van der Waals surface area contributed by atoms with Crippen molar-refractivity contribution in [2.45, 2.75) is 12.5 Å². The lowest BCUT2D eigenvalue weighted by Crippen LogP contribution is -2.14. The molecule has 0 saturated carbocycles. The minimum atomic E-state index is -0.218. The third-order valence-electron chi connectivity index (χ3n) is 5.09. The third kappa shape index (κ3) is 2.57. The summed E-state index contributed by atoms with van der Waals surface area (Å²) in [5.74, 6) is 0.742. The highest BCUT2D eigenvalue weighted by Gasteiger charge is 2.28. The van der Waals surface area contributed by atoms with Crippen LogP contribution in [0.5, 0.6) is 5.75 Å². The fourth-order valence-corrected chi connectivity index (χ4v) is 3.87. The van der Waals surface area contributed by atoms with Gasteiger partial charge in [0.1, 0.15) is 11.5 Å². The summed E-state index contributed by atoms with van der Waals surface area (Å²) < 4.78 is 5.77. The Kier molecular flexibility index (Phi) is 3.50. The maximum atomic E-state index is 7.68. The fraction of sp³-hybridized carbons (Fsp3) is 0.143. The van der Waals surface area contributed by atoms with Crippen molar-refractivity contribution in [3.63, 3.8) is 0 Å². The zero-order chi connectivity index (χ0) is 18.4. The number of aromatic nitrogens is 1. The van der Waals surface area contributed by atoms with Crippen molar-refractivity contribution in [3.05, 3.63) is 82.7 Å². The molecule has 1 unspecified atom stereocenters.